The summed E-state index contributed by atoms with van der Waals surface area (Å²) in [6.07, 6.45) is 1.15. The summed E-state index contributed by atoms with van der Waals surface area (Å²) in [5.41, 5.74) is 7.64. The third kappa shape index (κ3) is 3.34. The molecule has 0 amide bonds. The third-order valence-electron chi connectivity index (χ3n) is 2.62. The van der Waals surface area contributed by atoms with Gasteiger partial charge in [-0.2, -0.15) is 0 Å². The molecule has 1 aromatic heterocycles. The molecule has 1 heterocycles. The highest BCUT2D eigenvalue weighted by atomic mass is 32.1. The predicted molar refractivity (Wildman–Crippen MR) is 68.6 cm³/mol. The third-order valence-corrected chi connectivity index (χ3v) is 3.44. The van der Waals surface area contributed by atoms with Crippen LogP contribution in [0.5, 0.6) is 0 Å². The van der Waals surface area contributed by atoms with Crippen LogP contribution in [0.15, 0.2) is 23.6 Å². The van der Waals surface area contributed by atoms with Crippen LogP contribution in [-0.2, 0) is 12.8 Å². The summed E-state index contributed by atoms with van der Waals surface area (Å²) in [5, 5.41) is 2.98. The Morgan fingerprint density at radius 2 is 2.06 bits per heavy atom. The normalized spacial score (nSPS) is 12.7. The smallest absolute Gasteiger partial charge is 0.159 e. The molecule has 0 radical (unpaired) electrons. The van der Waals surface area contributed by atoms with Crippen LogP contribution in [-0.4, -0.2) is 11.0 Å². The number of rotatable bonds is 4. The summed E-state index contributed by atoms with van der Waals surface area (Å²) in [7, 11) is 0. The first-order valence-electron chi connectivity index (χ1n) is 5.65. The van der Waals surface area contributed by atoms with Crippen LogP contribution < -0.4 is 5.73 Å². The molecule has 0 aliphatic heterocycles. The van der Waals surface area contributed by atoms with Crippen LogP contribution in [0.3, 0.4) is 0 Å². The number of benzene rings is 1. The molecule has 18 heavy (non-hydrogen) atoms. The average molecular weight is 268 g/mol. The lowest BCUT2D eigenvalue weighted by atomic mass is 10.0. The second-order valence-corrected chi connectivity index (χ2v) is 5.34. The topological polar surface area (TPSA) is 38.9 Å². The number of aryl methyl sites for hydroxylation is 1. The van der Waals surface area contributed by atoms with Crippen LogP contribution >= 0.6 is 11.3 Å². The Balaban J connectivity index is 1.98. The van der Waals surface area contributed by atoms with Gasteiger partial charge in [-0.05, 0) is 31.0 Å². The molecule has 0 spiro atoms. The number of halogens is 2. The molecule has 0 aliphatic carbocycles. The molecule has 1 unspecified atom stereocenters. The molecule has 2 nitrogen and oxygen atoms in total. The lowest BCUT2D eigenvalue weighted by Crippen LogP contribution is -2.25. The monoisotopic (exact) mass is 268 g/mol. The van der Waals surface area contributed by atoms with Crippen LogP contribution in [0, 0.1) is 18.6 Å². The Morgan fingerprint density at radius 1 is 1.28 bits per heavy atom. The van der Waals surface area contributed by atoms with Gasteiger partial charge >= 0.3 is 0 Å². The van der Waals surface area contributed by atoms with Crippen molar-refractivity contribution in [2.75, 3.05) is 0 Å². The summed E-state index contributed by atoms with van der Waals surface area (Å²) in [5.74, 6) is -1.66. The van der Waals surface area contributed by atoms with Gasteiger partial charge in [0, 0.05) is 17.8 Å². The van der Waals surface area contributed by atoms with E-state index in [1.54, 1.807) is 17.4 Å². The average Bonchev–Trinajstić information content (AvgIpc) is 2.69. The molecule has 0 fully saturated rings. The second kappa shape index (κ2) is 5.54. The van der Waals surface area contributed by atoms with Gasteiger partial charge in [0.2, 0.25) is 0 Å². The zero-order valence-electron chi connectivity index (χ0n) is 9.99. The molecule has 0 saturated heterocycles. The minimum atomic E-state index is -0.831. The Bertz CT molecular complexity index is 540. The van der Waals surface area contributed by atoms with Gasteiger partial charge in [-0.3, -0.25) is 0 Å². The molecular formula is C13H14F2N2S. The maximum atomic E-state index is 13.0. The van der Waals surface area contributed by atoms with E-state index in [0.717, 1.165) is 16.8 Å². The zero-order chi connectivity index (χ0) is 13.1. The summed E-state index contributed by atoms with van der Waals surface area (Å²) in [6, 6.07) is 3.74. The van der Waals surface area contributed by atoms with Gasteiger partial charge < -0.3 is 5.73 Å². The van der Waals surface area contributed by atoms with E-state index in [-0.39, 0.29) is 6.04 Å². The van der Waals surface area contributed by atoms with Crippen molar-refractivity contribution in [1.82, 2.24) is 4.98 Å². The van der Waals surface area contributed by atoms with Crippen LogP contribution in [0.1, 0.15) is 16.3 Å². The summed E-state index contributed by atoms with van der Waals surface area (Å²) in [4.78, 5) is 4.33. The van der Waals surface area contributed by atoms with Gasteiger partial charge in [0.05, 0.1) is 10.7 Å². The van der Waals surface area contributed by atoms with Gasteiger partial charge in [0.1, 0.15) is 0 Å². The molecule has 96 valence electrons. The molecule has 2 N–H and O–H groups in total. The molecule has 0 bridgehead atoms. The van der Waals surface area contributed by atoms with Gasteiger partial charge in [-0.1, -0.05) is 6.07 Å². The lowest BCUT2D eigenvalue weighted by Gasteiger charge is -2.10. The van der Waals surface area contributed by atoms with Gasteiger partial charge in [0.15, 0.2) is 11.6 Å². The van der Waals surface area contributed by atoms with E-state index >= 15 is 0 Å². The number of aromatic nitrogens is 1. The number of nitrogens with zero attached hydrogens (tertiary/aromatic N) is 1. The summed E-state index contributed by atoms with van der Waals surface area (Å²) >= 11 is 1.58. The Morgan fingerprint density at radius 3 is 2.67 bits per heavy atom. The van der Waals surface area contributed by atoms with Crippen LogP contribution in [0.25, 0.3) is 0 Å². The number of hydrogen-bond donors (Lipinski definition) is 1. The highest BCUT2D eigenvalue weighted by Gasteiger charge is 2.09. The fraction of sp³-hybridized carbons (Fsp3) is 0.308. The molecule has 1 atom stereocenters. The van der Waals surface area contributed by atoms with E-state index in [9.17, 15) is 8.78 Å². The Kier molecular flexibility index (Phi) is 4.04. The SMILES string of the molecule is Cc1nc(CC(N)Cc2ccc(F)c(F)c2)cs1. The van der Waals surface area contributed by atoms with Gasteiger partial charge in [0.25, 0.3) is 0 Å². The molecular weight excluding hydrogens is 254 g/mol. The highest BCUT2D eigenvalue weighted by Crippen LogP contribution is 2.13. The first-order chi connectivity index (χ1) is 8.54. The van der Waals surface area contributed by atoms with Crippen LogP contribution in [0.4, 0.5) is 8.78 Å². The van der Waals surface area contributed by atoms with Crippen molar-refractivity contribution in [3.05, 3.63) is 51.5 Å². The van der Waals surface area contributed by atoms with E-state index in [2.05, 4.69) is 4.98 Å². The molecule has 5 heteroatoms. The lowest BCUT2D eigenvalue weighted by molar-refractivity contribution is 0.506. The number of thiazole rings is 1. The molecule has 0 saturated carbocycles. The zero-order valence-corrected chi connectivity index (χ0v) is 10.8. The second-order valence-electron chi connectivity index (χ2n) is 4.27. The molecule has 2 rings (SSSR count). The van der Waals surface area contributed by atoms with Crippen molar-refractivity contribution < 1.29 is 8.78 Å². The van der Waals surface area contributed by atoms with Gasteiger partial charge in [-0.15, -0.1) is 11.3 Å². The Hall–Kier alpha value is -1.33. The van der Waals surface area contributed by atoms with Crippen molar-refractivity contribution in [2.45, 2.75) is 25.8 Å². The van der Waals surface area contributed by atoms with E-state index in [4.69, 9.17) is 5.73 Å². The predicted octanol–water partition coefficient (Wildman–Crippen LogP) is 2.84. The number of hydrogen-bond acceptors (Lipinski definition) is 3. The summed E-state index contributed by atoms with van der Waals surface area (Å²) < 4.78 is 25.8. The largest absolute Gasteiger partial charge is 0.327 e. The van der Waals surface area contributed by atoms with Gasteiger partial charge in [-0.25, -0.2) is 13.8 Å². The molecule has 1 aromatic carbocycles. The maximum absolute atomic E-state index is 13.0. The molecule has 0 aliphatic rings. The fourth-order valence-corrected chi connectivity index (χ4v) is 2.44. The van der Waals surface area contributed by atoms with E-state index in [1.165, 1.54) is 6.07 Å². The van der Waals surface area contributed by atoms with E-state index < -0.39 is 11.6 Å². The minimum absolute atomic E-state index is 0.142. The quantitative estimate of drug-likeness (QED) is 0.926. The van der Waals surface area contributed by atoms with Crippen molar-refractivity contribution in [1.29, 1.82) is 0 Å². The van der Waals surface area contributed by atoms with Crippen LogP contribution in [0.2, 0.25) is 0 Å². The Labute approximate surface area is 108 Å². The molecule has 2 aromatic rings. The fourth-order valence-electron chi connectivity index (χ4n) is 1.81. The first kappa shape index (κ1) is 13.1. The summed E-state index contributed by atoms with van der Waals surface area (Å²) in [6.45, 7) is 1.94. The highest BCUT2D eigenvalue weighted by molar-refractivity contribution is 7.09. The minimum Gasteiger partial charge on any atom is -0.327 e. The van der Waals surface area contributed by atoms with Crippen molar-refractivity contribution in [3.63, 3.8) is 0 Å². The number of nitrogens with two attached hydrogens (primary N) is 1. The first-order valence-corrected chi connectivity index (χ1v) is 6.53. The van der Waals surface area contributed by atoms with E-state index in [0.29, 0.717) is 18.4 Å². The van der Waals surface area contributed by atoms with Crippen molar-refractivity contribution >= 4 is 11.3 Å². The van der Waals surface area contributed by atoms with Crippen molar-refractivity contribution in [3.8, 4) is 0 Å². The van der Waals surface area contributed by atoms with E-state index in [1.807, 2.05) is 12.3 Å². The standard InChI is InChI=1S/C13H14F2N2S/c1-8-17-11(7-18-8)6-10(16)4-9-2-3-12(14)13(15)5-9/h2-3,5,7,10H,4,6,16H2,1H3. The maximum Gasteiger partial charge on any atom is 0.159 e. The van der Waals surface area contributed by atoms with Crippen molar-refractivity contribution in [2.24, 2.45) is 5.73 Å².